The zero-order valence-corrected chi connectivity index (χ0v) is 24.0. The van der Waals surface area contributed by atoms with E-state index in [4.69, 9.17) is 9.26 Å². The Morgan fingerprint density at radius 1 is 0.930 bits per heavy atom. The van der Waals surface area contributed by atoms with Crippen molar-refractivity contribution in [1.82, 2.24) is 5.09 Å². The van der Waals surface area contributed by atoms with E-state index in [0.29, 0.717) is 11.1 Å². The first-order valence-corrected chi connectivity index (χ1v) is 15.1. The maximum Gasteiger partial charge on any atom is 0.355 e. The van der Waals surface area contributed by atoms with Crippen LogP contribution < -0.4 is 14.3 Å². The van der Waals surface area contributed by atoms with Crippen LogP contribution in [0.5, 0.6) is 11.5 Å². The number of halogens is 6. The summed E-state index contributed by atoms with van der Waals surface area (Å²) < 4.78 is 114. The lowest BCUT2D eigenvalue weighted by molar-refractivity contribution is -0.145. The SMILES string of the molecule is CCCOC(=O)C(C)NP(=O)(Oc1ccccc1)C(F)c1ccc2sc(C(=O)Oc3c(F)c(F)c(F)c(F)c3F)cc2c1. The summed E-state index contributed by atoms with van der Waals surface area (Å²) in [7, 11) is -4.55. The molecule has 0 spiro atoms. The first kappa shape index (κ1) is 32.1. The number of esters is 2. The van der Waals surface area contributed by atoms with Gasteiger partial charge in [-0.1, -0.05) is 31.2 Å². The first-order chi connectivity index (χ1) is 20.4. The fourth-order valence-electron chi connectivity index (χ4n) is 3.75. The molecule has 0 bridgehead atoms. The summed E-state index contributed by atoms with van der Waals surface area (Å²) in [4.78, 5) is 24.6. The molecule has 15 heteroatoms. The van der Waals surface area contributed by atoms with Gasteiger partial charge in [0, 0.05) is 4.70 Å². The molecular weight excluding hydrogens is 623 g/mol. The number of nitrogens with one attached hydrogen (secondary N) is 1. The molecule has 1 N–H and O–H groups in total. The van der Waals surface area contributed by atoms with Gasteiger partial charge in [-0.2, -0.15) is 8.78 Å². The van der Waals surface area contributed by atoms with Crippen LogP contribution in [0.4, 0.5) is 26.3 Å². The Bertz CT molecular complexity index is 1690. The summed E-state index contributed by atoms with van der Waals surface area (Å²) in [6.45, 7) is 3.20. The molecule has 3 atom stereocenters. The second kappa shape index (κ2) is 13.2. The molecule has 0 aliphatic carbocycles. The van der Waals surface area contributed by atoms with Crippen LogP contribution in [0.2, 0.25) is 0 Å². The van der Waals surface area contributed by atoms with Gasteiger partial charge < -0.3 is 14.0 Å². The molecule has 1 aromatic heterocycles. The molecular formula is C28H22F6NO6PS. The van der Waals surface area contributed by atoms with Crippen molar-refractivity contribution in [2.75, 3.05) is 6.61 Å². The van der Waals surface area contributed by atoms with E-state index in [1.165, 1.54) is 37.3 Å². The zero-order chi connectivity index (χ0) is 31.5. The van der Waals surface area contributed by atoms with Crippen LogP contribution in [0.15, 0.2) is 54.6 Å². The standard InChI is InChI=1S/C28H22F6NO6PS/c1-3-11-39-27(36)14(2)35-42(38,41-17-7-5-4-6-8-17)26(34)15-9-10-18-16(12-15)13-19(43-18)28(37)40-25-23(32)21(30)20(29)22(31)24(25)33/h4-10,12-14,26H,3,11H2,1-2H3,(H,35,38). The van der Waals surface area contributed by atoms with E-state index < -0.39 is 66.2 Å². The molecule has 228 valence electrons. The number of ether oxygens (including phenoxy) is 2. The Morgan fingerprint density at radius 3 is 2.19 bits per heavy atom. The largest absolute Gasteiger partial charge is 0.465 e. The van der Waals surface area contributed by atoms with Crippen LogP contribution in [0, 0.1) is 29.1 Å². The molecule has 4 aromatic rings. The van der Waals surface area contributed by atoms with Crippen molar-refractivity contribution in [3.63, 3.8) is 0 Å². The number of rotatable bonds is 11. The van der Waals surface area contributed by atoms with E-state index in [0.717, 1.165) is 17.4 Å². The van der Waals surface area contributed by atoms with E-state index in [-0.39, 0.29) is 28.2 Å². The number of thiophene rings is 1. The number of benzene rings is 3. The van der Waals surface area contributed by atoms with Gasteiger partial charge in [-0.05, 0) is 54.6 Å². The normalized spacial score (nSPS) is 14.1. The van der Waals surface area contributed by atoms with Gasteiger partial charge in [-0.3, -0.25) is 9.36 Å². The van der Waals surface area contributed by atoms with E-state index in [1.54, 1.807) is 25.1 Å². The van der Waals surface area contributed by atoms with Gasteiger partial charge in [-0.25, -0.2) is 27.4 Å². The average molecular weight is 646 g/mol. The lowest BCUT2D eigenvalue weighted by Gasteiger charge is -2.26. The minimum atomic E-state index is -4.55. The van der Waals surface area contributed by atoms with Crippen LogP contribution in [0.25, 0.3) is 10.1 Å². The molecule has 0 fully saturated rings. The molecule has 0 saturated heterocycles. The van der Waals surface area contributed by atoms with E-state index >= 15 is 4.39 Å². The van der Waals surface area contributed by atoms with Gasteiger partial charge in [-0.15, -0.1) is 11.3 Å². The Kier molecular flexibility index (Phi) is 9.83. The number of hydrogen-bond acceptors (Lipinski definition) is 7. The number of alkyl halides is 1. The molecule has 0 radical (unpaired) electrons. The molecule has 7 nitrogen and oxygen atoms in total. The average Bonchev–Trinajstić information content (AvgIpc) is 3.43. The van der Waals surface area contributed by atoms with Crippen molar-refractivity contribution in [2.45, 2.75) is 32.2 Å². The van der Waals surface area contributed by atoms with Crippen molar-refractivity contribution >= 4 is 40.9 Å². The molecule has 0 amide bonds. The van der Waals surface area contributed by atoms with Crippen molar-refractivity contribution in [3.05, 3.63) is 94.1 Å². The maximum atomic E-state index is 16.0. The summed E-state index contributed by atoms with van der Waals surface area (Å²) in [6, 6.07) is 11.4. The maximum absolute atomic E-state index is 16.0. The second-order valence-electron chi connectivity index (χ2n) is 9.05. The van der Waals surface area contributed by atoms with Gasteiger partial charge in [0.15, 0.2) is 0 Å². The zero-order valence-electron chi connectivity index (χ0n) is 22.3. The quantitative estimate of drug-likeness (QED) is 0.0442. The molecule has 0 aliphatic rings. The lowest BCUT2D eigenvalue weighted by Crippen LogP contribution is -2.35. The van der Waals surface area contributed by atoms with Gasteiger partial charge >= 0.3 is 19.5 Å². The Hall–Kier alpha value is -3.87. The summed E-state index contributed by atoms with van der Waals surface area (Å²) in [5.41, 5.74) is -0.189. The van der Waals surface area contributed by atoms with Gasteiger partial charge in [0.2, 0.25) is 40.7 Å². The van der Waals surface area contributed by atoms with Crippen LogP contribution in [0.3, 0.4) is 0 Å². The van der Waals surface area contributed by atoms with Crippen molar-refractivity contribution in [2.24, 2.45) is 0 Å². The van der Waals surface area contributed by atoms with E-state index in [1.807, 2.05) is 0 Å². The summed E-state index contributed by atoms with van der Waals surface area (Å²) >= 11 is 0.720. The van der Waals surface area contributed by atoms with Crippen LogP contribution >= 0.6 is 18.9 Å². The Balaban J connectivity index is 1.63. The fourth-order valence-corrected chi connectivity index (χ4v) is 6.58. The van der Waals surface area contributed by atoms with E-state index in [9.17, 15) is 36.1 Å². The molecule has 43 heavy (non-hydrogen) atoms. The smallest absolute Gasteiger partial charge is 0.355 e. The highest BCUT2D eigenvalue weighted by Gasteiger charge is 2.41. The minimum absolute atomic E-state index is 0.0462. The van der Waals surface area contributed by atoms with Crippen LogP contribution in [-0.2, 0) is 14.1 Å². The predicted molar refractivity (Wildman–Crippen MR) is 145 cm³/mol. The van der Waals surface area contributed by atoms with Gasteiger partial charge in [0.05, 0.1) is 6.61 Å². The highest BCUT2D eigenvalue weighted by atomic mass is 32.1. The van der Waals surface area contributed by atoms with Crippen molar-refractivity contribution in [3.8, 4) is 11.5 Å². The molecule has 3 unspecified atom stereocenters. The summed E-state index contributed by atoms with van der Waals surface area (Å²) in [5.74, 6) is -18.0. The predicted octanol–water partition coefficient (Wildman–Crippen LogP) is 7.99. The number of fused-ring (bicyclic) bond motifs is 1. The van der Waals surface area contributed by atoms with Crippen LogP contribution in [0.1, 0.15) is 41.4 Å². The molecule has 0 aliphatic heterocycles. The third kappa shape index (κ3) is 6.87. The third-order valence-corrected chi connectivity index (χ3v) is 9.06. The third-order valence-electron chi connectivity index (χ3n) is 5.84. The van der Waals surface area contributed by atoms with E-state index in [2.05, 4.69) is 9.82 Å². The highest BCUT2D eigenvalue weighted by molar-refractivity contribution is 7.57. The number of carbonyl (C=O) groups is 2. The molecule has 3 aromatic carbocycles. The van der Waals surface area contributed by atoms with Gasteiger partial charge in [0.1, 0.15) is 16.7 Å². The van der Waals surface area contributed by atoms with Crippen LogP contribution in [-0.4, -0.2) is 24.6 Å². The monoisotopic (exact) mass is 645 g/mol. The summed E-state index contributed by atoms with van der Waals surface area (Å²) in [6.07, 6.45) is 0.528. The molecule has 1 heterocycles. The van der Waals surface area contributed by atoms with Gasteiger partial charge in [0.25, 0.3) is 0 Å². The topological polar surface area (TPSA) is 90.9 Å². The van der Waals surface area contributed by atoms with Crippen molar-refractivity contribution in [1.29, 1.82) is 0 Å². The number of para-hydroxylation sites is 1. The first-order valence-electron chi connectivity index (χ1n) is 12.6. The minimum Gasteiger partial charge on any atom is -0.465 e. The highest BCUT2D eigenvalue weighted by Crippen LogP contribution is 2.58. The van der Waals surface area contributed by atoms with Crippen molar-refractivity contribution < 1.29 is 54.5 Å². The lowest BCUT2D eigenvalue weighted by atomic mass is 10.2. The summed E-state index contributed by atoms with van der Waals surface area (Å²) in [5, 5.41) is 2.62. The fraction of sp³-hybridized carbons (Fsp3) is 0.214. The number of carbonyl (C=O) groups excluding carboxylic acids is 2. The Morgan fingerprint density at radius 2 is 1.56 bits per heavy atom. The number of hydrogen-bond donors (Lipinski definition) is 1. The molecule has 4 rings (SSSR count). The molecule has 0 saturated carbocycles. The second-order valence-corrected chi connectivity index (χ2v) is 12.2. The Labute approximate surface area is 244 Å².